The maximum Gasteiger partial charge on any atom is 0.336 e. The number of carbonyl (C=O) groups excluding carboxylic acids is 2. The van der Waals surface area contributed by atoms with Crippen LogP contribution in [0.25, 0.3) is 0 Å². The van der Waals surface area contributed by atoms with Gasteiger partial charge in [0.2, 0.25) is 0 Å². The molecule has 0 radical (unpaired) electrons. The zero-order valence-electron chi connectivity index (χ0n) is 16.5. The molecule has 0 aromatic heterocycles. The zero-order valence-corrected chi connectivity index (χ0v) is 16.5. The molecule has 1 rings (SSSR count). The number of ether oxygens (including phenoxy) is 4. The standard InChI is InChI=1S/C21H30O6/c1-4-5-6-7-8-9-10-15-26-20(22)13-14-21(23)27-17-11-12-18(24-2)19(16-17)25-3/h11-14,16H,4-10,15H2,1-3H3/b14-13+. The first-order chi connectivity index (χ1) is 13.1. The van der Waals surface area contributed by atoms with Gasteiger partial charge in [0, 0.05) is 18.2 Å². The van der Waals surface area contributed by atoms with E-state index in [1.807, 2.05) is 0 Å². The second-order valence-electron chi connectivity index (χ2n) is 6.06. The number of carbonyl (C=O) groups is 2. The Bertz CT molecular complexity index is 609. The molecule has 0 fully saturated rings. The Kier molecular flexibility index (Phi) is 11.4. The highest BCUT2D eigenvalue weighted by Crippen LogP contribution is 2.30. The molecule has 6 nitrogen and oxygen atoms in total. The van der Waals surface area contributed by atoms with Gasteiger partial charge in [0.25, 0.3) is 0 Å². The topological polar surface area (TPSA) is 71.1 Å². The van der Waals surface area contributed by atoms with E-state index < -0.39 is 11.9 Å². The predicted molar refractivity (Wildman–Crippen MR) is 103 cm³/mol. The maximum atomic E-state index is 11.8. The first-order valence-corrected chi connectivity index (χ1v) is 9.39. The van der Waals surface area contributed by atoms with Gasteiger partial charge >= 0.3 is 11.9 Å². The average molecular weight is 378 g/mol. The van der Waals surface area contributed by atoms with E-state index in [0.29, 0.717) is 23.9 Å². The molecule has 1 aromatic carbocycles. The van der Waals surface area contributed by atoms with E-state index in [-0.39, 0.29) is 0 Å². The van der Waals surface area contributed by atoms with E-state index in [2.05, 4.69) is 6.92 Å². The van der Waals surface area contributed by atoms with Crippen molar-refractivity contribution in [3.8, 4) is 17.2 Å². The van der Waals surface area contributed by atoms with Crippen LogP contribution in [0.15, 0.2) is 30.4 Å². The first kappa shape index (κ1) is 22.5. The van der Waals surface area contributed by atoms with Gasteiger partial charge in [0.15, 0.2) is 11.5 Å². The van der Waals surface area contributed by atoms with Crippen LogP contribution in [0.1, 0.15) is 51.9 Å². The summed E-state index contributed by atoms with van der Waals surface area (Å²) in [5.41, 5.74) is 0. The molecule has 27 heavy (non-hydrogen) atoms. The van der Waals surface area contributed by atoms with Gasteiger partial charge in [0.1, 0.15) is 5.75 Å². The highest BCUT2D eigenvalue weighted by molar-refractivity contribution is 5.92. The number of esters is 2. The summed E-state index contributed by atoms with van der Waals surface area (Å²) in [7, 11) is 3.01. The molecule has 0 N–H and O–H groups in total. The van der Waals surface area contributed by atoms with E-state index >= 15 is 0 Å². The molecule has 0 aliphatic rings. The molecule has 1 aromatic rings. The van der Waals surface area contributed by atoms with Crippen LogP contribution in [0.4, 0.5) is 0 Å². The van der Waals surface area contributed by atoms with Crippen LogP contribution in [0, 0.1) is 0 Å². The molecule has 0 saturated carbocycles. The smallest absolute Gasteiger partial charge is 0.336 e. The largest absolute Gasteiger partial charge is 0.493 e. The summed E-state index contributed by atoms with van der Waals surface area (Å²) in [6.45, 7) is 2.55. The fourth-order valence-corrected chi connectivity index (χ4v) is 2.45. The summed E-state index contributed by atoms with van der Waals surface area (Å²) in [5.74, 6) is 0.0433. The van der Waals surface area contributed by atoms with Crippen molar-refractivity contribution in [3.05, 3.63) is 30.4 Å². The minimum atomic E-state index is -0.671. The average Bonchev–Trinajstić information content (AvgIpc) is 2.68. The summed E-state index contributed by atoms with van der Waals surface area (Å²) >= 11 is 0. The number of unbranched alkanes of at least 4 members (excludes halogenated alkanes) is 6. The van der Waals surface area contributed by atoms with E-state index in [0.717, 1.165) is 31.4 Å². The van der Waals surface area contributed by atoms with Crippen molar-refractivity contribution in [1.82, 2.24) is 0 Å². The highest BCUT2D eigenvalue weighted by atomic mass is 16.5. The molecule has 0 aliphatic carbocycles. The van der Waals surface area contributed by atoms with Crippen LogP contribution in [0.5, 0.6) is 17.2 Å². The van der Waals surface area contributed by atoms with Crippen LogP contribution in [-0.2, 0) is 14.3 Å². The molecule has 0 unspecified atom stereocenters. The lowest BCUT2D eigenvalue weighted by Crippen LogP contribution is -2.07. The van der Waals surface area contributed by atoms with Gasteiger partial charge in [0.05, 0.1) is 20.8 Å². The molecule has 0 spiro atoms. The van der Waals surface area contributed by atoms with Crippen LogP contribution >= 0.6 is 0 Å². The number of hydrogen-bond acceptors (Lipinski definition) is 6. The predicted octanol–water partition coefficient (Wildman–Crippen LogP) is 4.46. The van der Waals surface area contributed by atoms with Gasteiger partial charge in [-0.05, 0) is 18.6 Å². The van der Waals surface area contributed by atoms with Crippen molar-refractivity contribution in [2.24, 2.45) is 0 Å². The molecule has 0 bridgehead atoms. The number of rotatable bonds is 13. The molecule has 0 heterocycles. The summed E-state index contributed by atoms with van der Waals surface area (Å²) in [6.07, 6.45) is 10.2. The third-order valence-corrected chi connectivity index (χ3v) is 3.92. The fourth-order valence-electron chi connectivity index (χ4n) is 2.45. The van der Waals surface area contributed by atoms with E-state index in [1.54, 1.807) is 12.1 Å². The minimum Gasteiger partial charge on any atom is -0.493 e. The lowest BCUT2D eigenvalue weighted by molar-refractivity contribution is -0.138. The van der Waals surface area contributed by atoms with Gasteiger partial charge in [-0.2, -0.15) is 0 Å². The van der Waals surface area contributed by atoms with Crippen LogP contribution in [0.3, 0.4) is 0 Å². The molecule has 0 aliphatic heterocycles. The number of benzene rings is 1. The van der Waals surface area contributed by atoms with Gasteiger partial charge in [-0.25, -0.2) is 9.59 Å². The normalized spacial score (nSPS) is 10.6. The van der Waals surface area contributed by atoms with E-state index in [9.17, 15) is 9.59 Å². The minimum absolute atomic E-state index is 0.291. The summed E-state index contributed by atoms with van der Waals surface area (Å²) < 4.78 is 20.4. The lowest BCUT2D eigenvalue weighted by Gasteiger charge is -2.08. The maximum absolute atomic E-state index is 11.8. The van der Waals surface area contributed by atoms with Crippen molar-refractivity contribution in [3.63, 3.8) is 0 Å². The van der Waals surface area contributed by atoms with Crippen LogP contribution in [0.2, 0.25) is 0 Å². The fraction of sp³-hybridized carbons (Fsp3) is 0.524. The van der Waals surface area contributed by atoms with E-state index in [1.165, 1.54) is 46.0 Å². The summed E-state index contributed by atoms with van der Waals surface area (Å²) in [4.78, 5) is 23.4. The Labute approximate surface area is 161 Å². The van der Waals surface area contributed by atoms with Crippen molar-refractivity contribution >= 4 is 11.9 Å². The second-order valence-corrected chi connectivity index (χ2v) is 6.06. The number of methoxy groups -OCH3 is 2. The Balaban J connectivity index is 2.27. The third kappa shape index (κ3) is 9.68. The third-order valence-electron chi connectivity index (χ3n) is 3.92. The lowest BCUT2D eigenvalue weighted by atomic mass is 10.1. The SMILES string of the molecule is CCCCCCCCCOC(=O)/C=C/C(=O)Oc1ccc(OC)c(OC)c1. The Morgan fingerprint density at radius 1 is 0.852 bits per heavy atom. The first-order valence-electron chi connectivity index (χ1n) is 9.39. The van der Waals surface area contributed by atoms with Crippen molar-refractivity contribution in [2.45, 2.75) is 51.9 Å². The van der Waals surface area contributed by atoms with Crippen LogP contribution in [-0.4, -0.2) is 32.8 Å². The molecule has 6 heteroatoms. The Hall–Kier alpha value is -2.50. The highest BCUT2D eigenvalue weighted by Gasteiger charge is 2.08. The van der Waals surface area contributed by atoms with E-state index in [4.69, 9.17) is 18.9 Å². The Morgan fingerprint density at radius 2 is 1.48 bits per heavy atom. The molecule has 0 atom stereocenters. The van der Waals surface area contributed by atoms with Crippen molar-refractivity contribution < 1.29 is 28.5 Å². The quantitative estimate of drug-likeness (QED) is 0.218. The molecule has 150 valence electrons. The van der Waals surface area contributed by atoms with Gasteiger partial charge < -0.3 is 18.9 Å². The molecular weight excluding hydrogens is 348 g/mol. The Morgan fingerprint density at radius 3 is 2.15 bits per heavy atom. The second kappa shape index (κ2) is 13.7. The van der Waals surface area contributed by atoms with Crippen molar-refractivity contribution in [1.29, 1.82) is 0 Å². The molecular formula is C21H30O6. The summed E-state index contributed by atoms with van der Waals surface area (Å²) in [5, 5.41) is 0. The van der Waals surface area contributed by atoms with Crippen LogP contribution < -0.4 is 14.2 Å². The van der Waals surface area contributed by atoms with Gasteiger partial charge in [-0.1, -0.05) is 45.4 Å². The van der Waals surface area contributed by atoms with Gasteiger partial charge in [-0.3, -0.25) is 0 Å². The molecule has 0 amide bonds. The zero-order chi connectivity index (χ0) is 19.9. The summed E-state index contributed by atoms with van der Waals surface area (Å²) in [6, 6.07) is 4.73. The van der Waals surface area contributed by atoms with Crippen molar-refractivity contribution in [2.75, 3.05) is 20.8 Å². The number of hydrogen-bond donors (Lipinski definition) is 0. The molecule has 0 saturated heterocycles. The van der Waals surface area contributed by atoms with Gasteiger partial charge in [-0.15, -0.1) is 0 Å². The monoisotopic (exact) mass is 378 g/mol.